The van der Waals surface area contributed by atoms with E-state index in [1.54, 1.807) is 16.7 Å². The number of fused-ring (bicyclic) bond motifs is 1. The van der Waals surface area contributed by atoms with Gasteiger partial charge in [-0.2, -0.15) is 0 Å². The Kier molecular flexibility index (Phi) is 5.78. The molecular weight excluding hydrogens is 382 g/mol. The summed E-state index contributed by atoms with van der Waals surface area (Å²) in [5.74, 6) is -0.452. The molecule has 1 N–H and O–H groups in total. The molecule has 0 saturated carbocycles. The molecule has 1 fully saturated rings. The van der Waals surface area contributed by atoms with E-state index in [0.717, 1.165) is 29.7 Å². The van der Waals surface area contributed by atoms with Crippen molar-refractivity contribution < 1.29 is 14.6 Å². The van der Waals surface area contributed by atoms with E-state index < -0.39 is 5.91 Å². The largest absolute Gasteiger partial charge is 0.493 e. The van der Waals surface area contributed by atoms with Crippen LogP contribution < -0.4 is 4.90 Å². The van der Waals surface area contributed by atoms with Crippen LogP contribution in [0.3, 0.4) is 0 Å². The minimum absolute atomic E-state index is 0.00203. The van der Waals surface area contributed by atoms with Crippen molar-refractivity contribution in [2.45, 2.75) is 6.67 Å². The molecule has 8 heteroatoms. The SMILES string of the molecule is CN(C)c1ccc(C(=O)N=Nc2c(O)n(CN3CCOCC3)c3ccccc23)cc1. The third kappa shape index (κ3) is 4.05. The van der Waals surface area contributed by atoms with Gasteiger partial charge < -0.3 is 14.7 Å². The summed E-state index contributed by atoms with van der Waals surface area (Å²) >= 11 is 0. The van der Waals surface area contributed by atoms with Gasteiger partial charge in [-0.1, -0.05) is 18.2 Å². The lowest BCUT2D eigenvalue weighted by atomic mass is 10.2. The molecule has 0 unspecified atom stereocenters. The zero-order valence-electron chi connectivity index (χ0n) is 17.2. The summed E-state index contributed by atoms with van der Waals surface area (Å²) in [6.07, 6.45) is 0. The predicted molar refractivity (Wildman–Crippen MR) is 116 cm³/mol. The number of benzene rings is 2. The van der Waals surface area contributed by atoms with E-state index >= 15 is 0 Å². The van der Waals surface area contributed by atoms with Gasteiger partial charge in [-0.05, 0) is 30.3 Å². The van der Waals surface area contributed by atoms with Crippen LogP contribution in [-0.4, -0.2) is 60.9 Å². The monoisotopic (exact) mass is 407 g/mol. The Morgan fingerprint density at radius 2 is 1.80 bits per heavy atom. The first kappa shape index (κ1) is 20.1. The van der Waals surface area contributed by atoms with Crippen molar-refractivity contribution in [3.05, 3.63) is 54.1 Å². The number of carbonyl (C=O) groups is 1. The molecular formula is C22H25N5O3. The molecule has 0 spiro atoms. The third-order valence-electron chi connectivity index (χ3n) is 5.23. The van der Waals surface area contributed by atoms with E-state index in [-0.39, 0.29) is 5.88 Å². The fourth-order valence-corrected chi connectivity index (χ4v) is 3.51. The smallest absolute Gasteiger partial charge is 0.295 e. The number of aromatic hydroxyl groups is 1. The third-order valence-corrected chi connectivity index (χ3v) is 5.23. The number of aromatic nitrogens is 1. The number of rotatable bonds is 5. The molecule has 8 nitrogen and oxygen atoms in total. The van der Waals surface area contributed by atoms with E-state index in [1.165, 1.54) is 0 Å². The van der Waals surface area contributed by atoms with Gasteiger partial charge >= 0.3 is 0 Å². The van der Waals surface area contributed by atoms with Crippen LogP contribution >= 0.6 is 0 Å². The highest BCUT2D eigenvalue weighted by atomic mass is 16.5. The number of hydrogen-bond donors (Lipinski definition) is 1. The second-order valence-corrected chi connectivity index (χ2v) is 7.44. The van der Waals surface area contributed by atoms with Gasteiger partial charge in [0, 0.05) is 43.8 Å². The second kappa shape index (κ2) is 8.64. The normalized spacial score (nSPS) is 15.1. The number of hydrogen-bond acceptors (Lipinski definition) is 6. The van der Waals surface area contributed by atoms with Crippen molar-refractivity contribution in [1.82, 2.24) is 9.47 Å². The van der Waals surface area contributed by atoms with Crippen LogP contribution in [0.25, 0.3) is 10.9 Å². The molecule has 1 aromatic heterocycles. The van der Waals surface area contributed by atoms with Gasteiger partial charge in [0.2, 0.25) is 5.88 Å². The fourth-order valence-electron chi connectivity index (χ4n) is 3.51. The van der Waals surface area contributed by atoms with E-state index in [0.29, 0.717) is 31.1 Å². The Balaban J connectivity index is 1.62. The quantitative estimate of drug-likeness (QED) is 0.653. The summed E-state index contributed by atoms with van der Waals surface area (Å²) in [7, 11) is 3.87. The summed E-state index contributed by atoms with van der Waals surface area (Å²) in [5, 5.41) is 19.6. The van der Waals surface area contributed by atoms with Gasteiger partial charge in [0.25, 0.3) is 5.91 Å². The van der Waals surface area contributed by atoms with Crippen LogP contribution in [0.15, 0.2) is 58.8 Å². The Morgan fingerprint density at radius 1 is 1.10 bits per heavy atom. The molecule has 1 amide bonds. The average molecular weight is 407 g/mol. The molecule has 2 aromatic carbocycles. The summed E-state index contributed by atoms with van der Waals surface area (Å²) in [5.41, 5.74) is 2.59. The van der Waals surface area contributed by atoms with Crippen molar-refractivity contribution in [3.63, 3.8) is 0 Å². The Labute approximate surface area is 175 Å². The molecule has 1 saturated heterocycles. The van der Waals surface area contributed by atoms with Gasteiger partial charge in [0.1, 0.15) is 0 Å². The van der Waals surface area contributed by atoms with E-state index in [9.17, 15) is 9.90 Å². The number of nitrogens with zero attached hydrogens (tertiary/aromatic N) is 5. The molecule has 0 atom stereocenters. The number of morpholine rings is 1. The molecule has 156 valence electrons. The van der Waals surface area contributed by atoms with E-state index in [1.807, 2.05) is 55.4 Å². The fraction of sp³-hybridized carbons (Fsp3) is 0.318. The van der Waals surface area contributed by atoms with Gasteiger partial charge in [-0.3, -0.25) is 14.3 Å². The summed E-state index contributed by atoms with van der Waals surface area (Å²) in [6.45, 7) is 3.46. The lowest BCUT2D eigenvalue weighted by molar-refractivity contribution is 0.0231. The highest BCUT2D eigenvalue weighted by molar-refractivity contribution is 5.97. The molecule has 2 heterocycles. The number of anilines is 1. The van der Waals surface area contributed by atoms with Crippen molar-refractivity contribution in [3.8, 4) is 5.88 Å². The van der Waals surface area contributed by atoms with Crippen molar-refractivity contribution in [2.75, 3.05) is 45.3 Å². The maximum Gasteiger partial charge on any atom is 0.295 e. The maximum atomic E-state index is 12.5. The number of amides is 1. The Bertz CT molecular complexity index is 1070. The minimum atomic E-state index is -0.454. The zero-order valence-corrected chi connectivity index (χ0v) is 17.2. The summed E-state index contributed by atoms with van der Waals surface area (Å²) in [4.78, 5) is 16.6. The van der Waals surface area contributed by atoms with Gasteiger partial charge in [0.05, 0.1) is 25.4 Å². The van der Waals surface area contributed by atoms with Crippen molar-refractivity contribution in [1.29, 1.82) is 0 Å². The van der Waals surface area contributed by atoms with Gasteiger partial charge in [-0.15, -0.1) is 10.2 Å². The Hall–Kier alpha value is -3.23. The van der Waals surface area contributed by atoms with Crippen LogP contribution in [0.4, 0.5) is 11.4 Å². The molecule has 0 bridgehead atoms. The summed E-state index contributed by atoms with van der Waals surface area (Å²) in [6, 6.07) is 14.7. The Morgan fingerprint density at radius 3 is 2.50 bits per heavy atom. The molecule has 0 aliphatic carbocycles. The van der Waals surface area contributed by atoms with Crippen LogP contribution in [0.5, 0.6) is 5.88 Å². The standard InChI is InChI=1S/C22H25N5O3/c1-25(2)17-9-7-16(8-10-17)21(28)24-23-20-18-5-3-4-6-19(18)27(22(20)29)15-26-11-13-30-14-12-26/h3-10,29H,11-15H2,1-2H3. The average Bonchev–Trinajstić information content (AvgIpc) is 3.04. The van der Waals surface area contributed by atoms with Gasteiger partial charge in [-0.25, -0.2) is 0 Å². The second-order valence-electron chi connectivity index (χ2n) is 7.44. The van der Waals surface area contributed by atoms with Crippen molar-refractivity contribution >= 4 is 28.2 Å². The highest BCUT2D eigenvalue weighted by Crippen LogP contribution is 2.39. The number of ether oxygens (including phenoxy) is 1. The predicted octanol–water partition coefficient (Wildman–Crippen LogP) is 3.63. The molecule has 1 aliphatic heterocycles. The lowest BCUT2D eigenvalue weighted by Gasteiger charge is -2.27. The molecule has 3 aromatic rings. The van der Waals surface area contributed by atoms with Crippen LogP contribution in [0.1, 0.15) is 10.4 Å². The first-order chi connectivity index (χ1) is 14.5. The molecule has 4 rings (SSSR count). The first-order valence-electron chi connectivity index (χ1n) is 9.88. The number of carbonyl (C=O) groups excluding carboxylic acids is 1. The van der Waals surface area contributed by atoms with Crippen LogP contribution in [0, 0.1) is 0 Å². The molecule has 30 heavy (non-hydrogen) atoms. The number of azo groups is 1. The lowest BCUT2D eigenvalue weighted by Crippen LogP contribution is -2.37. The zero-order chi connectivity index (χ0) is 21.1. The minimum Gasteiger partial charge on any atom is -0.493 e. The van der Waals surface area contributed by atoms with Crippen LogP contribution in [0.2, 0.25) is 0 Å². The molecule has 0 radical (unpaired) electrons. The van der Waals surface area contributed by atoms with Gasteiger partial charge in [0.15, 0.2) is 5.69 Å². The molecule has 1 aliphatic rings. The topological polar surface area (TPSA) is 82.7 Å². The van der Waals surface area contributed by atoms with Crippen molar-refractivity contribution in [2.24, 2.45) is 10.2 Å². The van der Waals surface area contributed by atoms with E-state index in [2.05, 4.69) is 15.1 Å². The highest BCUT2D eigenvalue weighted by Gasteiger charge is 2.20. The maximum absolute atomic E-state index is 12.5. The van der Waals surface area contributed by atoms with E-state index in [4.69, 9.17) is 4.74 Å². The first-order valence-corrected chi connectivity index (χ1v) is 9.88. The van der Waals surface area contributed by atoms with Crippen LogP contribution in [-0.2, 0) is 11.4 Å². The number of para-hydroxylation sites is 1. The summed E-state index contributed by atoms with van der Waals surface area (Å²) < 4.78 is 7.20.